The Bertz CT molecular complexity index is 641. The number of aromatic nitrogens is 1. The quantitative estimate of drug-likeness (QED) is 0.875. The van der Waals surface area contributed by atoms with Crippen LogP contribution in [0.15, 0.2) is 36.0 Å². The molecule has 5 heteroatoms. The first kappa shape index (κ1) is 14.3. The summed E-state index contributed by atoms with van der Waals surface area (Å²) in [5, 5.41) is 8.77. The monoisotopic (exact) mass is 286 g/mol. The summed E-state index contributed by atoms with van der Waals surface area (Å²) in [5.41, 5.74) is 3.42. The lowest BCUT2D eigenvalue weighted by Crippen LogP contribution is -2.25. The number of nitrogens with zero attached hydrogens (tertiary/aromatic N) is 2. The molecular formula is C15H14N2O2S. The van der Waals surface area contributed by atoms with Gasteiger partial charge in [-0.15, -0.1) is 11.3 Å². The lowest BCUT2D eigenvalue weighted by atomic mass is 10.1. The van der Waals surface area contributed by atoms with Gasteiger partial charge in [0.15, 0.2) is 0 Å². The van der Waals surface area contributed by atoms with E-state index in [0.717, 1.165) is 11.1 Å². The van der Waals surface area contributed by atoms with E-state index in [9.17, 15) is 4.79 Å². The van der Waals surface area contributed by atoms with Crippen LogP contribution in [-0.2, 0) is 6.54 Å². The molecule has 0 radical (unpaired) electrons. The average Bonchev–Trinajstić information content (AvgIpc) is 2.99. The molecule has 1 heterocycles. The molecule has 0 aliphatic heterocycles. The topological polar surface area (TPSA) is 53.4 Å². The van der Waals surface area contributed by atoms with Gasteiger partial charge in [-0.3, -0.25) is 9.78 Å². The third-order valence-electron chi connectivity index (χ3n) is 2.72. The highest BCUT2D eigenvalue weighted by Crippen LogP contribution is 2.14. The first-order valence-electron chi connectivity index (χ1n) is 6.04. The summed E-state index contributed by atoms with van der Waals surface area (Å²) in [4.78, 5) is 18.3. The predicted octanol–water partition coefficient (Wildman–Crippen LogP) is 1.76. The summed E-state index contributed by atoms with van der Waals surface area (Å²) < 4.78 is 0. The first-order valence-corrected chi connectivity index (χ1v) is 6.92. The van der Waals surface area contributed by atoms with Crippen LogP contribution in [0.5, 0.6) is 0 Å². The van der Waals surface area contributed by atoms with Crippen molar-refractivity contribution in [3.05, 3.63) is 52.0 Å². The van der Waals surface area contributed by atoms with Crippen molar-refractivity contribution in [2.45, 2.75) is 6.54 Å². The van der Waals surface area contributed by atoms with Gasteiger partial charge in [-0.2, -0.15) is 0 Å². The van der Waals surface area contributed by atoms with Crippen LogP contribution >= 0.6 is 11.3 Å². The highest BCUT2D eigenvalue weighted by atomic mass is 32.1. The molecule has 0 bridgehead atoms. The van der Waals surface area contributed by atoms with Gasteiger partial charge in [0, 0.05) is 19.2 Å². The average molecular weight is 286 g/mol. The Morgan fingerprint density at radius 1 is 1.45 bits per heavy atom. The molecule has 0 aliphatic carbocycles. The third-order valence-corrected chi connectivity index (χ3v) is 3.48. The number of amides is 1. The zero-order valence-electron chi connectivity index (χ0n) is 11.0. The number of aliphatic hydroxyl groups is 1. The molecule has 102 valence electrons. The molecule has 0 fully saturated rings. The van der Waals surface area contributed by atoms with Crippen LogP contribution in [0.3, 0.4) is 0 Å². The van der Waals surface area contributed by atoms with Gasteiger partial charge in [0.2, 0.25) is 0 Å². The number of hydrogen-bond acceptors (Lipinski definition) is 4. The molecule has 0 saturated heterocycles. The normalized spacial score (nSPS) is 9.70. The van der Waals surface area contributed by atoms with Crippen molar-refractivity contribution < 1.29 is 9.90 Å². The van der Waals surface area contributed by atoms with E-state index in [1.54, 1.807) is 23.7 Å². The molecule has 1 aromatic heterocycles. The maximum atomic E-state index is 12.2. The summed E-state index contributed by atoms with van der Waals surface area (Å²) >= 11 is 1.32. The minimum absolute atomic E-state index is 0.0579. The molecule has 20 heavy (non-hydrogen) atoms. The first-order chi connectivity index (χ1) is 9.72. The van der Waals surface area contributed by atoms with Gasteiger partial charge >= 0.3 is 0 Å². The third kappa shape index (κ3) is 3.44. The van der Waals surface area contributed by atoms with E-state index in [2.05, 4.69) is 16.8 Å². The second-order valence-corrected chi connectivity index (χ2v) is 5.03. The number of benzene rings is 1. The van der Waals surface area contributed by atoms with Crippen LogP contribution in [0.25, 0.3) is 0 Å². The summed E-state index contributed by atoms with van der Waals surface area (Å²) in [6.45, 7) is 0.289. The van der Waals surface area contributed by atoms with Crippen LogP contribution in [0.4, 0.5) is 0 Å². The number of hydrogen-bond donors (Lipinski definition) is 1. The highest BCUT2D eigenvalue weighted by molar-refractivity contribution is 7.11. The van der Waals surface area contributed by atoms with Gasteiger partial charge in [-0.05, 0) is 11.6 Å². The minimum atomic E-state index is -0.177. The van der Waals surface area contributed by atoms with Crippen molar-refractivity contribution in [1.82, 2.24) is 9.88 Å². The molecule has 1 aromatic carbocycles. The molecular weight excluding hydrogens is 272 g/mol. The van der Waals surface area contributed by atoms with Crippen LogP contribution in [-0.4, -0.2) is 34.6 Å². The molecule has 2 aromatic rings. The van der Waals surface area contributed by atoms with Crippen molar-refractivity contribution >= 4 is 17.2 Å². The number of aliphatic hydroxyl groups excluding tert-OH is 1. The zero-order valence-corrected chi connectivity index (χ0v) is 11.9. The van der Waals surface area contributed by atoms with Crippen molar-refractivity contribution in [1.29, 1.82) is 0 Å². The SMILES string of the molecule is CN(Cc1ccccc1C#CCO)C(=O)c1cncs1. The standard InChI is InChI=1S/C15H14N2O2S/c1-17(15(19)14-9-16-11-20-14)10-13-6-3-2-5-12(13)7-4-8-18/h2-3,5-6,9,11,18H,8,10H2,1H3. The van der Waals surface area contributed by atoms with Gasteiger partial charge < -0.3 is 10.0 Å². The summed E-state index contributed by atoms with van der Waals surface area (Å²) in [7, 11) is 1.75. The number of thiazole rings is 1. The fourth-order valence-corrected chi connectivity index (χ4v) is 2.37. The Hall–Kier alpha value is -2.16. The molecule has 1 N–H and O–H groups in total. The van der Waals surface area contributed by atoms with Crippen LogP contribution in [0.2, 0.25) is 0 Å². The van der Waals surface area contributed by atoms with Gasteiger partial charge in [-0.25, -0.2) is 0 Å². The van der Waals surface area contributed by atoms with E-state index in [4.69, 9.17) is 5.11 Å². The molecule has 0 spiro atoms. The van der Waals surface area contributed by atoms with Gasteiger partial charge in [0.05, 0.1) is 11.7 Å². The molecule has 4 nitrogen and oxygen atoms in total. The number of rotatable bonds is 3. The van der Waals surface area contributed by atoms with Gasteiger partial charge in [0.25, 0.3) is 5.91 Å². The predicted molar refractivity (Wildman–Crippen MR) is 78.3 cm³/mol. The summed E-state index contributed by atoms with van der Waals surface area (Å²) in [6.07, 6.45) is 1.57. The van der Waals surface area contributed by atoms with E-state index >= 15 is 0 Å². The zero-order chi connectivity index (χ0) is 14.4. The van der Waals surface area contributed by atoms with Crippen LogP contribution < -0.4 is 0 Å². The van der Waals surface area contributed by atoms with E-state index < -0.39 is 0 Å². The number of carbonyl (C=O) groups excluding carboxylic acids is 1. The van der Waals surface area contributed by atoms with Crippen LogP contribution in [0, 0.1) is 11.8 Å². The second kappa shape index (κ2) is 6.85. The lowest BCUT2D eigenvalue weighted by Gasteiger charge is -2.17. The van der Waals surface area contributed by atoms with Crippen molar-refractivity contribution in [3.63, 3.8) is 0 Å². The fraction of sp³-hybridized carbons (Fsp3) is 0.200. The minimum Gasteiger partial charge on any atom is -0.384 e. The van der Waals surface area contributed by atoms with E-state index in [1.807, 2.05) is 24.3 Å². The molecule has 2 rings (SSSR count). The highest BCUT2D eigenvalue weighted by Gasteiger charge is 2.14. The maximum absolute atomic E-state index is 12.2. The molecule has 0 unspecified atom stereocenters. The van der Waals surface area contributed by atoms with Gasteiger partial charge in [0.1, 0.15) is 11.5 Å². The molecule has 1 amide bonds. The van der Waals surface area contributed by atoms with Crippen LogP contribution in [0.1, 0.15) is 20.8 Å². The van der Waals surface area contributed by atoms with E-state index in [1.165, 1.54) is 11.3 Å². The van der Waals surface area contributed by atoms with E-state index in [-0.39, 0.29) is 12.5 Å². The number of carbonyl (C=O) groups is 1. The van der Waals surface area contributed by atoms with Crippen molar-refractivity contribution in [2.75, 3.05) is 13.7 Å². The Kier molecular flexibility index (Phi) is 4.88. The second-order valence-electron chi connectivity index (χ2n) is 4.14. The Balaban J connectivity index is 2.15. The molecule has 0 saturated carbocycles. The summed E-state index contributed by atoms with van der Waals surface area (Å²) in [6, 6.07) is 7.60. The Morgan fingerprint density at radius 2 is 2.25 bits per heavy atom. The van der Waals surface area contributed by atoms with Gasteiger partial charge in [-0.1, -0.05) is 30.0 Å². The Morgan fingerprint density at radius 3 is 2.95 bits per heavy atom. The summed E-state index contributed by atoms with van der Waals surface area (Å²) in [5.74, 6) is 5.47. The smallest absolute Gasteiger partial charge is 0.265 e. The fourth-order valence-electron chi connectivity index (χ4n) is 1.75. The maximum Gasteiger partial charge on any atom is 0.265 e. The van der Waals surface area contributed by atoms with E-state index in [0.29, 0.717) is 11.4 Å². The molecule has 0 atom stereocenters. The largest absolute Gasteiger partial charge is 0.384 e. The Labute approximate surface area is 121 Å². The molecule has 0 aliphatic rings. The van der Waals surface area contributed by atoms with Crippen molar-refractivity contribution in [2.24, 2.45) is 0 Å². The van der Waals surface area contributed by atoms with Crippen molar-refractivity contribution in [3.8, 4) is 11.8 Å². The lowest BCUT2D eigenvalue weighted by molar-refractivity contribution is 0.0789.